The normalized spacial score (nSPS) is 31.3. The molecular formula is C14H24O3. The molecule has 2 rings (SSSR count). The zero-order valence-corrected chi connectivity index (χ0v) is 10.6. The lowest BCUT2D eigenvalue weighted by Crippen LogP contribution is -2.26. The molecule has 0 aromatic heterocycles. The largest absolute Gasteiger partial charge is 0.353 e. The van der Waals surface area contributed by atoms with Crippen molar-refractivity contribution in [3.05, 3.63) is 0 Å². The predicted molar refractivity (Wildman–Crippen MR) is 65.7 cm³/mol. The van der Waals surface area contributed by atoms with E-state index in [4.69, 9.17) is 9.47 Å². The van der Waals surface area contributed by atoms with Gasteiger partial charge in [0.15, 0.2) is 6.29 Å². The lowest BCUT2D eigenvalue weighted by Gasteiger charge is -2.29. The summed E-state index contributed by atoms with van der Waals surface area (Å²) in [5.41, 5.74) is 0. The maximum absolute atomic E-state index is 10.5. The van der Waals surface area contributed by atoms with Gasteiger partial charge in [0.05, 0.1) is 13.2 Å². The number of carbonyl (C=O) groups is 1. The summed E-state index contributed by atoms with van der Waals surface area (Å²) in [5, 5.41) is 0. The Morgan fingerprint density at radius 2 is 1.59 bits per heavy atom. The molecule has 1 aliphatic heterocycles. The van der Waals surface area contributed by atoms with Crippen molar-refractivity contribution in [2.24, 2.45) is 11.8 Å². The number of rotatable bonds is 5. The Labute approximate surface area is 104 Å². The molecule has 1 saturated heterocycles. The Bertz CT molecular complexity index is 216. The minimum absolute atomic E-state index is 0.0523. The van der Waals surface area contributed by atoms with Crippen LogP contribution in [-0.2, 0) is 14.3 Å². The van der Waals surface area contributed by atoms with Gasteiger partial charge in [-0.1, -0.05) is 12.8 Å². The van der Waals surface area contributed by atoms with Crippen molar-refractivity contribution in [1.82, 2.24) is 0 Å². The maximum Gasteiger partial charge on any atom is 0.157 e. The number of aldehydes is 1. The Kier molecular flexibility index (Phi) is 5.46. The second-order valence-electron chi connectivity index (χ2n) is 5.39. The molecule has 3 nitrogen and oxygen atoms in total. The quantitative estimate of drug-likeness (QED) is 0.693. The first kappa shape index (κ1) is 13.0. The average Bonchev–Trinajstić information content (AvgIpc) is 2.40. The van der Waals surface area contributed by atoms with Crippen molar-refractivity contribution in [2.75, 3.05) is 13.2 Å². The van der Waals surface area contributed by atoms with Gasteiger partial charge in [-0.05, 0) is 43.9 Å². The van der Waals surface area contributed by atoms with Gasteiger partial charge >= 0.3 is 0 Å². The van der Waals surface area contributed by atoms with Gasteiger partial charge in [-0.3, -0.25) is 0 Å². The summed E-state index contributed by atoms with van der Waals surface area (Å²) in [4.78, 5) is 10.5. The average molecular weight is 240 g/mol. The van der Waals surface area contributed by atoms with E-state index in [2.05, 4.69) is 0 Å². The SMILES string of the molecule is O=CCC1CCC(CCC2OCCCO2)CC1. The first-order valence-corrected chi connectivity index (χ1v) is 7.05. The third kappa shape index (κ3) is 4.40. The number of hydrogen-bond acceptors (Lipinski definition) is 3. The molecule has 0 spiro atoms. The molecule has 0 bridgehead atoms. The Morgan fingerprint density at radius 1 is 0.941 bits per heavy atom. The van der Waals surface area contributed by atoms with Crippen LogP contribution >= 0.6 is 0 Å². The summed E-state index contributed by atoms with van der Waals surface area (Å²) in [6.07, 6.45) is 10.2. The molecule has 17 heavy (non-hydrogen) atoms. The number of carbonyl (C=O) groups excluding carboxylic acids is 1. The van der Waals surface area contributed by atoms with Crippen molar-refractivity contribution in [1.29, 1.82) is 0 Å². The standard InChI is InChI=1S/C14H24O3/c15-9-8-13-4-2-12(3-5-13)6-7-14-16-10-1-11-17-14/h9,12-14H,1-8,10-11H2. The first-order valence-electron chi connectivity index (χ1n) is 7.05. The van der Waals surface area contributed by atoms with E-state index in [0.29, 0.717) is 5.92 Å². The predicted octanol–water partition coefficient (Wildman–Crippen LogP) is 2.93. The molecule has 0 amide bonds. The van der Waals surface area contributed by atoms with Crippen LogP contribution in [0.1, 0.15) is 51.4 Å². The van der Waals surface area contributed by atoms with E-state index in [1.54, 1.807) is 0 Å². The van der Waals surface area contributed by atoms with E-state index < -0.39 is 0 Å². The minimum atomic E-state index is 0.0523. The summed E-state index contributed by atoms with van der Waals surface area (Å²) >= 11 is 0. The highest BCUT2D eigenvalue weighted by molar-refractivity contribution is 5.49. The fourth-order valence-corrected chi connectivity index (χ4v) is 2.97. The molecule has 0 atom stereocenters. The molecule has 0 unspecified atom stereocenters. The molecule has 0 aromatic rings. The zero-order chi connectivity index (χ0) is 11.9. The summed E-state index contributed by atoms with van der Waals surface area (Å²) < 4.78 is 11.1. The zero-order valence-electron chi connectivity index (χ0n) is 10.6. The highest BCUT2D eigenvalue weighted by atomic mass is 16.7. The summed E-state index contributed by atoms with van der Waals surface area (Å²) in [7, 11) is 0. The third-order valence-corrected chi connectivity index (χ3v) is 4.10. The van der Waals surface area contributed by atoms with Gasteiger partial charge in [-0.25, -0.2) is 0 Å². The second-order valence-corrected chi connectivity index (χ2v) is 5.39. The summed E-state index contributed by atoms with van der Waals surface area (Å²) in [5.74, 6) is 1.48. The Balaban J connectivity index is 1.59. The fourth-order valence-electron chi connectivity index (χ4n) is 2.97. The van der Waals surface area contributed by atoms with E-state index >= 15 is 0 Å². The van der Waals surface area contributed by atoms with Crippen LogP contribution in [0.4, 0.5) is 0 Å². The van der Waals surface area contributed by atoms with Crippen LogP contribution in [-0.4, -0.2) is 25.8 Å². The van der Waals surface area contributed by atoms with Crippen LogP contribution in [0.2, 0.25) is 0 Å². The van der Waals surface area contributed by atoms with Gasteiger partial charge in [0.1, 0.15) is 6.29 Å². The molecule has 98 valence electrons. The van der Waals surface area contributed by atoms with Gasteiger partial charge in [0.25, 0.3) is 0 Å². The lowest BCUT2D eigenvalue weighted by molar-refractivity contribution is -0.182. The van der Waals surface area contributed by atoms with Crippen LogP contribution < -0.4 is 0 Å². The monoisotopic (exact) mass is 240 g/mol. The van der Waals surface area contributed by atoms with Crippen LogP contribution in [0.15, 0.2) is 0 Å². The molecule has 2 fully saturated rings. The molecular weight excluding hydrogens is 216 g/mol. The van der Waals surface area contributed by atoms with E-state index in [0.717, 1.165) is 44.7 Å². The van der Waals surface area contributed by atoms with E-state index in [-0.39, 0.29) is 6.29 Å². The van der Waals surface area contributed by atoms with Crippen molar-refractivity contribution in [2.45, 2.75) is 57.7 Å². The number of ether oxygens (including phenoxy) is 2. The summed E-state index contributed by atoms with van der Waals surface area (Å²) in [6, 6.07) is 0. The fraction of sp³-hybridized carbons (Fsp3) is 0.929. The summed E-state index contributed by atoms with van der Waals surface area (Å²) in [6.45, 7) is 1.72. The molecule has 0 radical (unpaired) electrons. The van der Waals surface area contributed by atoms with Crippen molar-refractivity contribution in [3.8, 4) is 0 Å². The third-order valence-electron chi connectivity index (χ3n) is 4.10. The highest BCUT2D eigenvalue weighted by Gasteiger charge is 2.22. The van der Waals surface area contributed by atoms with E-state index in [9.17, 15) is 4.79 Å². The van der Waals surface area contributed by atoms with Crippen LogP contribution in [0.5, 0.6) is 0 Å². The smallest absolute Gasteiger partial charge is 0.157 e. The molecule has 0 aromatic carbocycles. The number of hydrogen-bond donors (Lipinski definition) is 0. The van der Waals surface area contributed by atoms with Gasteiger partial charge in [0, 0.05) is 6.42 Å². The van der Waals surface area contributed by atoms with Gasteiger partial charge in [0.2, 0.25) is 0 Å². The van der Waals surface area contributed by atoms with Gasteiger partial charge in [-0.2, -0.15) is 0 Å². The van der Waals surface area contributed by atoms with Gasteiger partial charge in [-0.15, -0.1) is 0 Å². The van der Waals surface area contributed by atoms with Crippen molar-refractivity contribution >= 4 is 6.29 Å². The highest BCUT2D eigenvalue weighted by Crippen LogP contribution is 2.33. The van der Waals surface area contributed by atoms with Crippen LogP contribution in [0.3, 0.4) is 0 Å². The van der Waals surface area contributed by atoms with Crippen molar-refractivity contribution < 1.29 is 14.3 Å². The molecule has 1 aliphatic carbocycles. The van der Waals surface area contributed by atoms with E-state index in [1.807, 2.05) is 0 Å². The molecule has 0 N–H and O–H groups in total. The molecule has 2 aliphatic rings. The topological polar surface area (TPSA) is 35.5 Å². The Hall–Kier alpha value is -0.410. The van der Waals surface area contributed by atoms with Crippen LogP contribution in [0.25, 0.3) is 0 Å². The Morgan fingerprint density at radius 3 is 2.24 bits per heavy atom. The molecule has 1 saturated carbocycles. The van der Waals surface area contributed by atoms with Crippen LogP contribution in [0, 0.1) is 11.8 Å². The second kappa shape index (κ2) is 7.12. The maximum atomic E-state index is 10.5. The minimum Gasteiger partial charge on any atom is -0.353 e. The molecule has 1 heterocycles. The first-order chi connectivity index (χ1) is 8.38. The van der Waals surface area contributed by atoms with Gasteiger partial charge < -0.3 is 14.3 Å². The van der Waals surface area contributed by atoms with E-state index in [1.165, 1.54) is 32.1 Å². The molecule has 3 heteroatoms. The lowest BCUT2D eigenvalue weighted by atomic mass is 9.79. The van der Waals surface area contributed by atoms with Crippen molar-refractivity contribution in [3.63, 3.8) is 0 Å².